The van der Waals surface area contributed by atoms with E-state index in [0.717, 1.165) is 19.6 Å². The predicted molar refractivity (Wildman–Crippen MR) is 58.0 cm³/mol. The minimum absolute atomic E-state index is 0.193. The van der Waals surface area contributed by atoms with Gasteiger partial charge in [-0.2, -0.15) is 0 Å². The van der Waals surface area contributed by atoms with Crippen molar-refractivity contribution in [3.8, 4) is 0 Å². The van der Waals surface area contributed by atoms with Crippen LogP contribution in [0.15, 0.2) is 0 Å². The van der Waals surface area contributed by atoms with Gasteiger partial charge in [-0.25, -0.2) is 0 Å². The number of carbonyl (C=O) groups is 1. The van der Waals surface area contributed by atoms with Gasteiger partial charge < -0.3 is 10.2 Å². The first kappa shape index (κ1) is 11.5. The molecule has 1 amide bonds. The van der Waals surface area contributed by atoms with Crippen LogP contribution in [0.3, 0.4) is 0 Å². The summed E-state index contributed by atoms with van der Waals surface area (Å²) in [5, 5.41) is 3.26. The molecule has 1 fully saturated rings. The molecule has 0 radical (unpaired) electrons. The lowest BCUT2D eigenvalue weighted by Gasteiger charge is -2.24. The Morgan fingerprint density at radius 3 is 2.57 bits per heavy atom. The first-order chi connectivity index (χ1) is 6.52. The number of nitrogens with zero attached hydrogens (tertiary/aromatic N) is 1. The minimum atomic E-state index is 0.193. The largest absolute Gasteiger partial charge is 0.345 e. The lowest BCUT2D eigenvalue weighted by molar-refractivity contribution is -0.135. The number of hydrogen-bond acceptors (Lipinski definition) is 2. The standard InChI is InChI=1S/C11H22N2O/c1-8(2)7-13(4)11(14)10-6-12-5-9(10)3/h8-10,12H,5-7H2,1-4H3. The summed E-state index contributed by atoms with van der Waals surface area (Å²) in [6.45, 7) is 9.11. The highest BCUT2D eigenvalue weighted by Gasteiger charge is 2.31. The molecule has 14 heavy (non-hydrogen) atoms. The molecule has 0 saturated carbocycles. The van der Waals surface area contributed by atoms with Gasteiger partial charge in [0.2, 0.25) is 5.91 Å². The average molecular weight is 198 g/mol. The van der Waals surface area contributed by atoms with E-state index >= 15 is 0 Å². The van der Waals surface area contributed by atoms with Crippen LogP contribution >= 0.6 is 0 Å². The molecule has 1 rings (SSSR count). The van der Waals surface area contributed by atoms with E-state index in [-0.39, 0.29) is 5.92 Å². The monoisotopic (exact) mass is 198 g/mol. The van der Waals surface area contributed by atoms with Crippen LogP contribution in [0.25, 0.3) is 0 Å². The molecule has 3 nitrogen and oxygen atoms in total. The zero-order valence-corrected chi connectivity index (χ0v) is 9.71. The summed E-state index contributed by atoms with van der Waals surface area (Å²) in [4.78, 5) is 13.9. The van der Waals surface area contributed by atoms with Crippen molar-refractivity contribution < 1.29 is 4.79 Å². The van der Waals surface area contributed by atoms with Gasteiger partial charge in [-0.15, -0.1) is 0 Å². The fourth-order valence-corrected chi connectivity index (χ4v) is 2.06. The second-order valence-electron chi connectivity index (χ2n) is 4.85. The molecule has 1 N–H and O–H groups in total. The van der Waals surface area contributed by atoms with Gasteiger partial charge in [0.1, 0.15) is 0 Å². The normalized spacial score (nSPS) is 26.9. The van der Waals surface area contributed by atoms with E-state index in [4.69, 9.17) is 0 Å². The smallest absolute Gasteiger partial charge is 0.227 e. The van der Waals surface area contributed by atoms with Crippen molar-refractivity contribution in [1.29, 1.82) is 0 Å². The van der Waals surface area contributed by atoms with E-state index in [1.807, 2.05) is 11.9 Å². The van der Waals surface area contributed by atoms with Crippen LogP contribution in [0.1, 0.15) is 20.8 Å². The molecular formula is C11H22N2O. The Balaban J connectivity index is 2.47. The number of nitrogens with one attached hydrogen (secondary N) is 1. The summed E-state index contributed by atoms with van der Waals surface area (Å²) in [7, 11) is 1.91. The molecule has 0 aliphatic carbocycles. The van der Waals surface area contributed by atoms with Gasteiger partial charge in [-0.3, -0.25) is 4.79 Å². The van der Waals surface area contributed by atoms with Gasteiger partial charge in [0, 0.05) is 20.1 Å². The molecule has 0 spiro atoms. The third kappa shape index (κ3) is 2.71. The summed E-state index contributed by atoms with van der Waals surface area (Å²) in [6, 6.07) is 0. The van der Waals surface area contributed by atoms with Gasteiger partial charge in [-0.05, 0) is 18.4 Å². The summed E-state index contributed by atoms with van der Waals surface area (Å²) >= 11 is 0. The molecule has 1 aliphatic rings. The zero-order chi connectivity index (χ0) is 10.7. The highest BCUT2D eigenvalue weighted by Crippen LogP contribution is 2.18. The van der Waals surface area contributed by atoms with E-state index in [1.54, 1.807) is 0 Å². The van der Waals surface area contributed by atoms with Gasteiger partial charge >= 0.3 is 0 Å². The maximum atomic E-state index is 12.0. The first-order valence-corrected chi connectivity index (χ1v) is 5.48. The molecule has 0 aromatic carbocycles. The SMILES string of the molecule is CC(C)CN(C)C(=O)C1CNCC1C. The Morgan fingerprint density at radius 1 is 1.50 bits per heavy atom. The number of carbonyl (C=O) groups excluding carboxylic acids is 1. The summed E-state index contributed by atoms with van der Waals surface area (Å²) < 4.78 is 0. The summed E-state index contributed by atoms with van der Waals surface area (Å²) in [5.74, 6) is 1.53. The molecule has 1 heterocycles. The zero-order valence-electron chi connectivity index (χ0n) is 9.71. The molecule has 1 aliphatic heterocycles. The average Bonchev–Trinajstić information content (AvgIpc) is 2.48. The van der Waals surface area contributed by atoms with Gasteiger partial charge in [0.25, 0.3) is 0 Å². The molecule has 2 unspecified atom stereocenters. The molecule has 3 heteroatoms. The van der Waals surface area contributed by atoms with Crippen molar-refractivity contribution in [3.05, 3.63) is 0 Å². The maximum Gasteiger partial charge on any atom is 0.227 e. The first-order valence-electron chi connectivity index (χ1n) is 5.48. The van der Waals surface area contributed by atoms with Crippen LogP contribution in [-0.2, 0) is 4.79 Å². The van der Waals surface area contributed by atoms with Crippen molar-refractivity contribution in [2.24, 2.45) is 17.8 Å². The molecule has 0 aromatic rings. The van der Waals surface area contributed by atoms with Crippen LogP contribution in [-0.4, -0.2) is 37.5 Å². The molecule has 1 saturated heterocycles. The summed E-state index contributed by atoms with van der Waals surface area (Å²) in [6.07, 6.45) is 0. The van der Waals surface area contributed by atoms with E-state index in [2.05, 4.69) is 26.1 Å². The van der Waals surface area contributed by atoms with E-state index in [0.29, 0.717) is 17.7 Å². The topological polar surface area (TPSA) is 32.3 Å². The van der Waals surface area contributed by atoms with Gasteiger partial charge in [0.15, 0.2) is 0 Å². The van der Waals surface area contributed by atoms with Gasteiger partial charge in [0.05, 0.1) is 5.92 Å². The van der Waals surface area contributed by atoms with Crippen LogP contribution < -0.4 is 5.32 Å². The van der Waals surface area contributed by atoms with Crippen LogP contribution in [0, 0.1) is 17.8 Å². The Hall–Kier alpha value is -0.570. The van der Waals surface area contributed by atoms with Crippen LogP contribution in [0.5, 0.6) is 0 Å². The Kier molecular flexibility index (Phi) is 3.93. The third-order valence-electron chi connectivity index (χ3n) is 2.85. The fraction of sp³-hybridized carbons (Fsp3) is 0.909. The lowest BCUT2D eigenvalue weighted by Crippen LogP contribution is -2.38. The highest BCUT2D eigenvalue weighted by molar-refractivity contribution is 5.79. The van der Waals surface area contributed by atoms with Crippen LogP contribution in [0.2, 0.25) is 0 Å². The minimum Gasteiger partial charge on any atom is -0.345 e. The number of rotatable bonds is 3. The predicted octanol–water partition coefficient (Wildman–Crippen LogP) is 0.956. The van der Waals surface area contributed by atoms with E-state index in [9.17, 15) is 4.79 Å². The number of amides is 1. The second kappa shape index (κ2) is 4.78. The van der Waals surface area contributed by atoms with Gasteiger partial charge in [-0.1, -0.05) is 20.8 Å². The van der Waals surface area contributed by atoms with Crippen molar-refractivity contribution in [2.45, 2.75) is 20.8 Å². The molecule has 0 bridgehead atoms. The molecule has 2 atom stereocenters. The molecular weight excluding hydrogens is 176 g/mol. The van der Waals surface area contributed by atoms with Crippen LogP contribution in [0.4, 0.5) is 0 Å². The highest BCUT2D eigenvalue weighted by atomic mass is 16.2. The van der Waals surface area contributed by atoms with E-state index < -0.39 is 0 Å². The van der Waals surface area contributed by atoms with Crippen molar-refractivity contribution in [2.75, 3.05) is 26.7 Å². The third-order valence-corrected chi connectivity index (χ3v) is 2.85. The maximum absolute atomic E-state index is 12.0. The molecule has 0 aromatic heterocycles. The summed E-state index contributed by atoms with van der Waals surface area (Å²) in [5.41, 5.74) is 0. The lowest BCUT2D eigenvalue weighted by atomic mass is 9.96. The van der Waals surface area contributed by atoms with Crippen molar-refractivity contribution >= 4 is 5.91 Å². The Morgan fingerprint density at radius 2 is 2.14 bits per heavy atom. The second-order valence-corrected chi connectivity index (χ2v) is 4.85. The Labute approximate surface area is 86.9 Å². The Bertz CT molecular complexity index is 203. The van der Waals surface area contributed by atoms with E-state index in [1.165, 1.54) is 0 Å². The molecule has 82 valence electrons. The fourth-order valence-electron chi connectivity index (χ4n) is 2.06. The van der Waals surface area contributed by atoms with Crippen molar-refractivity contribution in [3.63, 3.8) is 0 Å². The van der Waals surface area contributed by atoms with Crippen molar-refractivity contribution in [1.82, 2.24) is 10.2 Å². The quantitative estimate of drug-likeness (QED) is 0.732. The number of hydrogen-bond donors (Lipinski definition) is 1.